The number of aryl methyl sites for hydroxylation is 1. The molecule has 0 radical (unpaired) electrons. The zero-order valence-electron chi connectivity index (χ0n) is 12.0. The molecule has 1 aliphatic heterocycles. The molecule has 2 atom stereocenters. The van der Waals surface area contributed by atoms with E-state index in [0.29, 0.717) is 0 Å². The molecule has 0 aromatic carbocycles. The van der Waals surface area contributed by atoms with Gasteiger partial charge < -0.3 is 10.3 Å². The fraction of sp³-hybridized carbons (Fsp3) is 0.615. The lowest BCUT2D eigenvalue weighted by Crippen LogP contribution is -2.44. The Morgan fingerprint density at radius 2 is 2.25 bits per heavy atom. The molecule has 1 aliphatic rings. The first kappa shape index (κ1) is 13.3. The molecule has 0 fully saturated rings. The summed E-state index contributed by atoms with van der Waals surface area (Å²) in [6.07, 6.45) is 6.70. The SMILES string of the molecule is CCC(N)C(c1cnn(C)c1)N1CCn2cnnc2C1. The molecule has 0 spiro atoms. The molecule has 2 N–H and O–H groups in total. The van der Waals surface area contributed by atoms with Crippen LogP contribution in [0.4, 0.5) is 0 Å². The van der Waals surface area contributed by atoms with Crippen LogP contribution >= 0.6 is 0 Å². The fourth-order valence-corrected chi connectivity index (χ4v) is 2.87. The molecule has 7 nitrogen and oxygen atoms in total. The Morgan fingerprint density at radius 1 is 1.40 bits per heavy atom. The first-order chi connectivity index (χ1) is 9.69. The van der Waals surface area contributed by atoms with Gasteiger partial charge in [-0.1, -0.05) is 6.92 Å². The highest BCUT2D eigenvalue weighted by Gasteiger charge is 2.30. The maximum Gasteiger partial charge on any atom is 0.147 e. The van der Waals surface area contributed by atoms with Crippen molar-refractivity contribution in [1.29, 1.82) is 0 Å². The van der Waals surface area contributed by atoms with Crippen LogP contribution in [-0.4, -0.2) is 42.0 Å². The number of nitrogens with zero attached hydrogens (tertiary/aromatic N) is 6. The summed E-state index contributed by atoms with van der Waals surface area (Å²) in [5.41, 5.74) is 7.54. The summed E-state index contributed by atoms with van der Waals surface area (Å²) in [5, 5.41) is 12.4. The van der Waals surface area contributed by atoms with Crippen molar-refractivity contribution >= 4 is 0 Å². The van der Waals surface area contributed by atoms with Crippen LogP contribution in [0, 0.1) is 0 Å². The van der Waals surface area contributed by atoms with Crippen LogP contribution in [0.25, 0.3) is 0 Å². The van der Waals surface area contributed by atoms with E-state index in [-0.39, 0.29) is 12.1 Å². The van der Waals surface area contributed by atoms with Gasteiger partial charge in [0.2, 0.25) is 0 Å². The second-order valence-electron chi connectivity index (χ2n) is 5.38. The van der Waals surface area contributed by atoms with Crippen LogP contribution in [0.15, 0.2) is 18.7 Å². The minimum Gasteiger partial charge on any atom is -0.326 e. The smallest absolute Gasteiger partial charge is 0.147 e. The summed E-state index contributed by atoms with van der Waals surface area (Å²) in [5.74, 6) is 1.01. The van der Waals surface area contributed by atoms with Gasteiger partial charge in [0, 0.05) is 37.9 Å². The highest BCUT2D eigenvalue weighted by Crippen LogP contribution is 2.27. The first-order valence-electron chi connectivity index (χ1n) is 7.04. The maximum atomic E-state index is 6.36. The Balaban J connectivity index is 1.87. The number of fused-ring (bicyclic) bond motifs is 1. The first-order valence-corrected chi connectivity index (χ1v) is 7.04. The van der Waals surface area contributed by atoms with Crippen LogP contribution in [0.5, 0.6) is 0 Å². The van der Waals surface area contributed by atoms with Gasteiger partial charge in [-0.15, -0.1) is 10.2 Å². The van der Waals surface area contributed by atoms with Gasteiger partial charge in [-0.05, 0) is 6.42 Å². The van der Waals surface area contributed by atoms with Gasteiger partial charge in [-0.25, -0.2) is 0 Å². The molecule has 2 aromatic rings. The fourth-order valence-electron chi connectivity index (χ4n) is 2.87. The van der Waals surface area contributed by atoms with Crippen molar-refractivity contribution in [1.82, 2.24) is 29.4 Å². The van der Waals surface area contributed by atoms with Crippen LogP contribution in [-0.2, 0) is 20.1 Å². The van der Waals surface area contributed by atoms with Crippen LogP contribution in [0.1, 0.15) is 30.8 Å². The zero-order chi connectivity index (χ0) is 14.1. The van der Waals surface area contributed by atoms with Crippen molar-refractivity contribution in [3.05, 3.63) is 30.1 Å². The molecule has 0 saturated heterocycles. The summed E-state index contributed by atoms with van der Waals surface area (Å²) >= 11 is 0. The van der Waals surface area contributed by atoms with E-state index >= 15 is 0 Å². The lowest BCUT2D eigenvalue weighted by Gasteiger charge is -2.36. The van der Waals surface area contributed by atoms with Crippen LogP contribution in [0.2, 0.25) is 0 Å². The molecule has 7 heteroatoms. The molecule has 0 bridgehead atoms. The van der Waals surface area contributed by atoms with Gasteiger partial charge in [-0.3, -0.25) is 9.58 Å². The van der Waals surface area contributed by atoms with Crippen molar-refractivity contribution in [2.24, 2.45) is 12.8 Å². The quantitative estimate of drug-likeness (QED) is 0.868. The minimum absolute atomic E-state index is 0.0914. The van der Waals surface area contributed by atoms with Crippen LogP contribution < -0.4 is 5.73 Å². The van der Waals surface area contributed by atoms with Crippen molar-refractivity contribution in [2.75, 3.05) is 6.54 Å². The Hall–Kier alpha value is -1.73. The predicted octanol–water partition coefficient (Wildman–Crippen LogP) is 0.306. The Morgan fingerprint density at radius 3 is 2.95 bits per heavy atom. The second-order valence-corrected chi connectivity index (χ2v) is 5.38. The monoisotopic (exact) mass is 275 g/mol. The largest absolute Gasteiger partial charge is 0.326 e. The van der Waals surface area contributed by atoms with Crippen LogP contribution in [0.3, 0.4) is 0 Å². The number of hydrogen-bond acceptors (Lipinski definition) is 5. The van der Waals surface area contributed by atoms with Gasteiger partial charge in [0.25, 0.3) is 0 Å². The lowest BCUT2D eigenvalue weighted by atomic mass is 9.98. The Kier molecular flexibility index (Phi) is 3.54. The van der Waals surface area contributed by atoms with Crippen molar-refractivity contribution < 1.29 is 0 Å². The highest BCUT2D eigenvalue weighted by atomic mass is 15.3. The van der Waals surface area contributed by atoms with E-state index in [4.69, 9.17) is 5.73 Å². The number of aromatic nitrogens is 5. The zero-order valence-corrected chi connectivity index (χ0v) is 12.0. The Labute approximate surface area is 118 Å². The third kappa shape index (κ3) is 2.34. The topological polar surface area (TPSA) is 77.8 Å². The standard InChI is InChI=1S/C13H21N7/c1-3-11(14)13(10-6-16-18(2)7-10)19-4-5-20-9-15-17-12(20)8-19/h6-7,9,11,13H,3-5,8,14H2,1-2H3. The average molecular weight is 275 g/mol. The molecule has 3 heterocycles. The minimum atomic E-state index is 0.0914. The average Bonchev–Trinajstić information content (AvgIpc) is 3.07. The lowest BCUT2D eigenvalue weighted by molar-refractivity contribution is 0.130. The highest BCUT2D eigenvalue weighted by molar-refractivity contribution is 5.14. The van der Waals surface area contributed by atoms with E-state index < -0.39 is 0 Å². The number of rotatable bonds is 4. The second kappa shape index (κ2) is 5.34. The summed E-state index contributed by atoms with van der Waals surface area (Å²) in [6, 6.07) is 0.271. The third-order valence-corrected chi connectivity index (χ3v) is 4.01. The van der Waals surface area contributed by atoms with Gasteiger partial charge in [0.15, 0.2) is 0 Å². The van der Waals surface area contributed by atoms with Crippen molar-refractivity contribution in [3.63, 3.8) is 0 Å². The molecule has 3 rings (SSSR count). The molecule has 20 heavy (non-hydrogen) atoms. The summed E-state index contributed by atoms with van der Waals surface area (Å²) in [6.45, 7) is 4.78. The molecule has 108 valence electrons. The summed E-state index contributed by atoms with van der Waals surface area (Å²) in [4.78, 5) is 2.38. The summed E-state index contributed by atoms with van der Waals surface area (Å²) in [7, 11) is 1.94. The summed E-state index contributed by atoms with van der Waals surface area (Å²) < 4.78 is 3.94. The molecule has 2 aromatic heterocycles. The number of nitrogens with two attached hydrogens (primary N) is 1. The van der Waals surface area contributed by atoms with Crippen molar-refractivity contribution in [3.8, 4) is 0 Å². The van der Waals surface area contributed by atoms with E-state index in [1.807, 2.05) is 17.9 Å². The van der Waals surface area contributed by atoms with Crippen molar-refractivity contribution in [2.45, 2.75) is 38.5 Å². The predicted molar refractivity (Wildman–Crippen MR) is 74.6 cm³/mol. The maximum absolute atomic E-state index is 6.36. The molecule has 0 aliphatic carbocycles. The molecule has 2 unspecified atom stereocenters. The van der Waals surface area contributed by atoms with Gasteiger partial charge in [-0.2, -0.15) is 5.10 Å². The van der Waals surface area contributed by atoms with E-state index in [2.05, 4.69) is 37.9 Å². The molecular formula is C13H21N7. The molecular weight excluding hydrogens is 254 g/mol. The molecule has 0 saturated carbocycles. The molecule has 0 amide bonds. The van der Waals surface area contributed by atoms with E-state index in [0.717, 1.165) is 31.9 Å². The van der Waals surface area contributed by atoms with Gasteiger partial charge in [0.05, 0.1) is 18.8 Å². The third-order valence-electron chi connectivity index (χ3n) is 4.01. The Bertz CT molecular complexity index is 573. The van der Waals surface area contributed by atoms with E-state index in [1.165, 1.54) is 5.56 Å². The number of hydrogen-bond donors (Lipinski definition) is 1. The van der Waals surface area contributed by atoms with Gasteiger partial charge >= 0.3 is 0 Å². The van der Waals surface area contributed by atoms with Gasteiger partial charge in [0.1, 0.15) is 12.2 Å². The normalized spacial score (nSPS) is 18.8. The van der Waals surface area contributed by atoms with E-state index in [1.54, 1.807) is 6.33 Å². The van der Waals surface area contributed by atoms with E-state index in [9.17, 15) is 0 Å².